The summed E-state index contributed by atoms with van der Waals surface area (Å²) in [7, 11) is -3.52. The zero-order valence-electron chi connectivity index (χ0n) is 14.2. The van der Waals surface area contributed by atoms with Gasteiger partial charge in [-0.2, -0.15) is 4.31 Å². The highest BCUT2D eigenvalue weighted by Crippen LogP contribution is 2.25. The topological polar surface area (TPSA) is 75.9 Å². The molecule has 7 nitrogen and oxygen atoms in total. The molecule has 2 aromatic rings. The molecule has 0 radical (unpaired) electrons. The van der Waals surface area contributed by atoms with Crippen molar-refractivity contribution < 1.29 is 13.2 Å². The van der Waals surface area contributed by atoms with E-state index in [1.54, 1.807) is 21.0 Å². The van der Waals surface area contributed by atoms with E-state index in [0.29, 0.717) is 30.8 Å². The number of fused-ring (bicyclic) bond motifs is 1. The lowest BCUT2D eigenvalue weighted by atomic mass is 9.99. The van der Waals surface area contributed by atoms with E-state index < -0.39 is 10.0 Å². The van der Waals surface area contributed by atoms with Gasteiger partial charge in [-0.25, -0.2) is 13.4 Å². The molecule has 0 bridgehead atoms. The van der Waals surface area contributed by atoms with Crippen molar-refractivity contribution >= 4 is 15.7 Å². The fraction of sp³-hybridized carbons (Fsp3) is 0.588. The first-order valence-corrected chi connectivity index (χ1v) is 10.3. The number of hydrogen-bond acceptors (Lipinski definition) is 5. The molecule has 2 aliphatic rings. The average Bonchev–Trinajstić information content (AvgIpc) is 3.30. The van der Waals surface area contributed by atoms with E-state index >= 15 is 0 Å². The Balaban J connectivity index is 1.39. The Bertz CT molecular complexity index is 821. The van der Waals surface area contributed by atoms with Crippen LogP contribution in [0.5, 0.6) is 0 Å². The summed E-state index contributed by atoms with van der Waals surface area (Å²) in [6, 6.07) is 5.47. The van der Waals surface area contributed by atoms with Crippen LogP contribution in [0.15, 0.2) is 35.6 Å². The molecule has 0 amide bonds. The number of rotatable bonds is 5. The maximum Gasteiger partial charge on any atom is 0.260 e. The predicted octanol–water partition coefficient (Wildman–Crippen LogP) is 1.11. The molecule has 1 unspecified atom stereocenters. The fourth-order valence-corrected chi connectivity index (χ4v) is 5.14. The van der Waals surface area contributed by atoms with Crippen molar-refractivity contribution in [3.63, 3.8) is 0 Å². The Labute approximate surface area is 148 Å². The van der Waals surface area contributed by atoms with E-state index in [9.17, 15) is 8.42 Å². The zero-order valence-corrected chi connectivity index (χ0v) is 15.0. The summed E-state index contributed by atoms with van der Waals surface area (Å²) >= 11 is 0. The van der Waals surface area contributed by atoms with E-state index in [1.165, 1.54) is 6.20 Å². The van der Waals surface area contributed by atoms with Crippen LogP contribution in [0, 0.1) is 5.92 Å². The van der Waals surface area contributed by atoms with Crippen LogP contribution in [0.3, 0.4) is 0 Å². The Morgan fingerprint density at radius 3 is 2.84 bits per heavy atom. The highest BCUT2D eigenvalue weighted by molar-refractivity contribution is 7.89. The molecule has 4 heterocycles. The SMILES string of the molecule is O=S(=O)(c1cnc2ccccn12)N1CCC(COC2CCNC2)CC1. The number of hydrogen-bond donors (Lipinski definition) is 1. The molecule has 25 heavy (non-hydrogen) atoms. The van der Waals surface area contributed by atoms with Gasteiger partial charge in [-0.3, -0.25) is 4.40 Å². The third-order valence-electron chi connectivity index (χ3n) is 5.14. The summed E-state index contributed by atoms with van der Waals surface area (Å²) in [5.41, 5.74) is 0.648. The van der Waals surface area contributed by atoms with E-state index in [1.807, 2.05) is 12.1 Å². The molecule has 0 saturated carbocycles. The molecular weight excluding hydrogens is 340 g/mol. The van der Waals surface area contributed by atoms with Crippen LogP contribution >= 0.6 is 0 Å². The monoisotopic (exact) mass is 364 g/mol. The summed E-state index contributed by atoms with van der Waals surface area (Å²) < 4.78 is 35.1. The number of aromatic nitrogens is 2. The maximum absolute atomic E-state index is 13.0. The maximum atomic E-state index is 13.0. The zero-order chi connectivity index (χ0) is 17.3. The van der Waals surface area contributed by atoms with Gasteiger partial charge in [0.05, 0.1) is 12.3 Å². The van der Waals surface area contributed by atoms with Crippen molar-refractivity contribution in [2.45, 2.75) is 30.4 Å². The molecule has 1 N–H and O–H groups in total. The first-order valence-electron chi connectivity index (χ1n) is 8.89. The molecule has 0 spiro atoms. The minimum Gasteiger partial charge on any atom is -0.377 e. The highest BCUT2D eigenvalue weighted by Gasteiger charge is 2.32. The molecule has 2 saturated heterocycles. The van der Waals surface area contributed by atoms with Gasteiger partial charge in [0, 0.05) is 32.4 Å². The molecule has 4 rings (SSSR count). The van der Waals surface area contributed by atoms with Gasteiger partial charge >= 0.3 is 0 Å². The van der Waals surface area contributed by atoms with Gasteiger partial charge in [-0.05, 0) is 43.9 Å². The molecular formula is C17H24N4O3S. The van der Waals surface area contributed by atoms with Crippen LogP contribution in [0.25, 0.3) is 5.65 Å². The lowest BCUT2D eigenvalue weighted by molar-refractivity contribution is 0.0290. The standard InChI is InChI=1S/C17H24N4O3S/c22-25(23,17-12-19-16-3-1-2-8-21(16)17)20-9-5-14(6-10-20)13-24-15-4-7-18-11-15/h1-3,8,12,14-15,18H,4-7,9-11,13H2. The number of nitrogens with one attached hydrogen (secondary N) is 1. The van der Waals surface area contributed by atoms with Crippen molar-refractivity contribution in [3.8, 4) is 0 Å². The molecule has 136 valence electrons. The third kappa shape index (κ3) is 3.44. The van der Waals surface area contributed by atoms with Gasteiger partial charge in [0.2, 0.25) is 0 Å². The van der Waals surface area contributed by atoms with E-state index in [0.717, 1.165) is 39.0 Å². The normalized spacial score (nSPS) is 23.4. The Kier molecular flexibility index (Phi) is 4.77. The Hall–Kier alpha value is -1.48. The van der Waals surface area contributed by atoms with E-state index in [4.69, 9.17) is 4.74 Å². The largest absolute Gasteiger partial charge is 0.377 e. The van der Waals surface area contributed by atoms with Crippen molar-refractivity contribution in [1.82, 2.24) is 19.0 Å². The minimum absolute atomic E-state index is 0.245. The molecule has 1 atom stereocenters. The lowest BCUT2D eigenvalue weighted by Gasteiger charge is -2.31. The van der Waals surface area contributed by atoms with E-state index in [-0.39, 0.29) is 5.03 Å². The van der Waals surface area contributed by atoms with Crippen LogP contribution < -0.4 is 5.32 Å². The molecule has 2 aliphatic heterocycles. The quantitative estimate of drug-likeness (QED) is 0.860. The van der Waals surface area contributed by atoms with Crippen LogP contribution in [0.2, 0.25) is 0 Å². The first kappa shape index (κ1) is 17.0. The second-order valence-corrected chi connectivity index (χ2v) is 8.71. The van der Waals surface area contributed by atoms with Gasteiger partial charge < -0.3 is 10.1 Å². The summed E-state index contributed by atoms with van der Waals surface area (Å²) in [6.07, 6.45) is 6.27. The third-order valence-corrected chi connectivity index (χ3v) is 7.02. The van der Waals surface area contributed by atoms with Gasteiger partial charge in [0.25, 0.3) is 10.0 Å². The molecule has 0 aromatic carbocycles. The fourth-order valence-electron chi connectivity index (χ4n) is 3.59. The Morgan fingerprint density at radius 1 is 1.24 bits per heavy atom. The van der Waals surface area contributed by atoms with Crippen molar-refractivity contribution in [1.29, 1.82) is 0 Å². The molecule has 8 heteroatoms. The molecule has 0 aliphatic carbocycles. The van der Waals surface area contributed by atoms with Gasteiger partial charge in [0.15, 0.2) is 5.03 Å². The van der Waals surface area contributed by atoms with Crippen LogP contribution in [0.1, 0.15) is 19.3 Å². The molecule has 2 fully saturated rings. The molecule has 2 aromatic heterocycles. The average molecular weight is 364 g/mol. The summed E-state index contributed by atoms with van der Waals surface area (Å²) in [5, 5.41) is 3.54. The van der Waals surface area contributed by atoms with Gasteiger partial charge in [-0.15, -0.1) is 0 Å². The first-order chi connectivity index (χ1) is 12.1. The lowest BCUT2D eigenvalue weighted by Crippen LogP contribution is -2.40. The van der Waals surface area contributed by atoms with E-state index in [2.05, 4.69) is 10.3 Å². The predicted molar refractivity (Wildman–Crippen MR) is 93.9 cm³/mol. The minimum atomic E-state index is -3.52. The number of pyridine rings is 1. The summed E-state index contributed by atoms with van der Waals surface area (Å²) in [4.78, 5) is 4.20. The number of piperidine rings is 1. The van der Waals surface area contributed by atoms with Crippen molar-refractivity contribution in [2.75, 3.05) is 32.8 Å². The van der Waals surface area contributed by atoms with Crippen LogP contribution in [-0.2, 0) is 14.8 Å². The summed E-state index contributed by atoms with van der Waals surface area (Å²) in [6.45, 7) is 3.77. The van der Waals surface area contributed by atoms with Crippen molar-refractivity contribution in [3.05, 3.63) is 30.6 Å². The van der Waals surface area contributed by atoms with Gasteiger partial charge in [0.1, 0.15) is 5.65 Å². The van der Waals surface area contributed by atoms with Gasteiger partial charge in [-0.1, -0.05) is 6.07 Å². The smallest absolute Gasteiger partial charge is 0.260 e. The highest BCUT2D eigenvalue weighted by atomic mass is 32.2. The number of imidazole rings is 1. The van der Waals surface area contributed by atoms with Crippen LogP contribution in [0.4, 0.5) is 0 Å². The second kappa shape index (κ2) is 7.03. The van der Waals surface area contributed by atoms with Crippen LogP contribution in [-0.4, -0.2) is 61.0 Å². The Morgan fingerprint density at radius 2 is 2.08 bits per heavy atom. The second-order valence-electron chi connectivity index (χ2n) is 6.82. The van der Waals surface area contributed by atoms with Crippen molar-refractivity contribution in [2.24, 2.45) is 5.92 Å². The number of ether oxygens (including phenoxy) is 1. The summed E-state index contributed by atoms with van der Waals surface area (Å²) in [5.74, 6) is 0.439. The number of sulfonamides is 1. The number of nitrogens with zero attached hydrogens (tertiary/aromatic N) is 3.